The van der Waals surface area contributed by atoms with Gasteiger partial charge in [-0.3, -0.25) is 14.5 Å². The number of nitrogens with zero attached hydrogens (tertiary/aromatic N) is 1. The van der Waals surface area contributed by atoms with E-state index in [0.717, 1.165) is 30.3 Å². The van der Waals surface area contributed by atoms with Crippen LogP contribution >= 0.6 is 0 Å². The smallest absolute Gasteiger partial charge is 0.236 e. The van der Waals surface area contributed by atoms with Crippen LogP contribution in [0.3, 0.4) is 0 Å². The highest BCUT2D eigenvalue weighted by Crippen LogP contribution is 2.29. The molecule has 0 saturated carbocycles. The highest BCUT2D eigenvalue weighted by Gasteiger charge is 2.36. The van der Waals surface area contributed by atoms with E-state index in [2.05, 4.69) is 13.8 Å². The molecule has 0 aliphatic carbocycles. The molecule has 1 fully saturated rings. The third-order valence-corrected chi connectivity index (χ3v) is 4.61. The summed E-state index contributed by atoms with van der Waals surface area (Å²) >= 11 is 0. The second-order valence-electron chi connectivity index (χ2n) is 7.06. The Morgan fingerprint density at radius 2 is 1.75 bits per heavy atom. The van der Waals surface area contributed by atoms with E-state index in [1.807, 2.05) is 24.3 Å². The summed E-state index contributed by atoms with van der Waals surface area (Å²) < 4.78 is 5.76. The van der Waals surface area contributed by atoms with E-state index in [9.17, 15) is 9.59 Å². The van der Waals surface area contributed by atoms with Crippen LogP contribution in [0.2, 0.25) is 0 Å². The van der Waals surface area contributed by atoms with Gasteiger partial charge in [0.05, 0.1) is 12.5 Å². The minimum atomic E-state index is -0.336. The van der Waals surface area contributed by atoms with Crippen LogP contribution in [-0.2, 0) is 9.59 Å². The molecule has 4 heteroatoms. The highest BCUT2D eigenvalue weighted by atomic mass is 16.5. The minimum Gasteiger partial charge on any atom is -0.494 e. The lowest BCUT2D eigenvalue weighted by atomic mass is 9.97. The van der Waals surface area contributed by atoms with Crippen LogP contribution in [0.5, 0.6) is 5.75 Å². The fourth-order valence-corrected chi connectivity index (χ4v) is 3.01. The number of carbonyl (C=O) groups is 2. The molecule has 1 aliphatic rings. The normalized spacial score (nSPS) is 17.8. The second kappa shape index (κ2) is 8.86. The van der Waals surface area contributed by atoms with E-state index in [1.165, 1.54) is 30.6 Å². The lowest BCUT2D eigenvalue weighted by Crippen LogP contribution is -2.25. The summed E-state index contributed by atoms with van der Waals surface area (Å²) in [6, 6.07) is 7.58. The predicted octanol–water partition coefficient (Wildman–Crippen LogP) is 4.14. The summed E-state index contributed by atoms with van der Waals surface area (Å²) in [5, 5.41) is 0. The van der Waals surface area contributed by atoms with Gasteiger partial charge in [-0.2, -0.15) is 0 Å². The van der Waals surface area contributed by atoms with Crippen LogP contribution < -0.4 is 4.74 Å². The van der Waals surface area contributed by atoms with Gasteiger partial charge in [0.2, 0.25) is 11.8 Å². The highest BCUT2D eigenvalue weighted by molar-refractivity contribution is 6.05. The third kappa shape index (κ3) is 5.08. The van der Waals surface area contributed by atoms with Gasteiger partial charge in [0.1, 0.15) is 5.75 Å². The molecular weight excluding hydrogens is 302 g/mol. The number of unbranched alkanes of at least 4 members (excludes halogenated alkanes) is 3. The number of imide groups is 1. The second-order valence-corrected chi connectivity index (χ2v) is 7.06. The summed E-state index contributed by atoms with van der Waals surface area (Å²) in [4.78, 5) is 24.8. The van der Waals surface area contributed by atoms with Crippen LogP contribution in [0.1, 0.15) is 63.9 Å². The Bertz CT molecular complexity index is 551. The Morgan fingerprint density at radius 3 is 2.33 bits per heavy atom. The number of hydrogen-bond donors (Lipinski definition) is 0. The van der Waals surface area contributed by atoms with Crippen molar-refractivity contribution in [2.45, 2.75) is 58.3 Å². The molecule has 0 N–H and O–H groups in total. The topological polar surface area (TPSA) is 46.6 Å². The molecule has 0 bridgehead atoms. The van der Waals surface area contributed by atoms with Gasteiger partial charge in [-0.05, 0) is 30.0 Å². The Labute approximate surface area is 145 Å². The zero-order chi connectivity index (χ0) is 17.5. The van der Waals surface area contributed by atoms with Gasteiger partial charge in [0, 0.05) is 13.5 Å². The van der Waals surface area contributed by atoms with E-state index in [1.54, 1.807) is 7.05 Å². The van der Waals surface area contributed by atoms with Crippen molar-refractivity contribution in [3.05, 3.63) is 29.8 Å². The lowest BCUT2D eigenvalue weighted by molar-refractivity contribution is -0.137. The van der Waals surface area contributed by atoms with E-state index >= 15 is 0 Å². The van der Waals surface area contributed by atoms with Gasteiger partial charge in [-0.15, -0.1) is 0 Å². The van der Waals surface area contributed by atoms with Gasteiger partial charge in [-0.25, -0.2) is 0 Å². The van der Waals surface area contributed by atoms with Gasteiger partial charge in [-0.1, -0.05) is 51.7 Å². The molecule has 1 aromatic rings. The quantitative estimate of drug-likeness (QED) is 0.504. The molecule has 4 nitrogen and oxygen atoms in total. The largest absolute Gasteiger partial charge is 0.494 e. The summed E-state index contributed by atoms with van der Waals surface area (Å²) in [7, 11) is 1.54. The van der Waals surface area contributed by atoms with Gasteiger partial charge in [0.15, 0.2) is 0 Å². The average Bonchev–Trinajstić information content (AvgIpc) is 2.82. The van der Waals surface area contributed by atoms with Crippen molar-refractivity contribution in [2.75, 3.05) is 13.7 Å². The van der Waals surface area contributed by atoms with Crippen molar-refractivity contribution < 1.29 is 14.3 Å². The van der Waals surface area contributed by atoms with E-state index < -0.39 is 0 Å². The number of likely N-dealkylation sites (tertiary alicyclic amines) is 1. The van der Waals surface area contributed by atoms with Gasteiger partial charge in [0.25, 0.3) is 0 Å². The lowest BCUT2D eigenvalue weighted by Gasteiger charge is -2.11. The standard InChI is InChI=1S/C20H29NO3/c1-15(2)8-6-4-5-7-13-24-17-11-9-16(10-12-17)18-14-19(22)21(3)20(18)23/h9-12,15,18H,4-8,13-14H2,1-3H3/t18-/m1/s1. The van der Waals surface area contributed by atoms with Crippen molar-refractivity contribution in [3.63, 3.8) is 0 Å². The molecular formula is C20H29NO3. The van der Waals surface area contributed by atoms with Crippen molar-refractivity contribution in [1.82, 2.24) is 4.90 Å². The van der Waals surface area contributed by atoms with Crippen LogP contribution in [0.15, 0.2) is 24.3 Å². The van der Waals surface area contributed by atoms with Gasteiger partial charge < -0.3 is 4.74 Å². The molecule has 2 amide bonds. The molecule has 0 spiro atoms. The maximum absolute atomic E-state index is 12.0. The van der Waals surface area contributed by atoms with E-state index in [4.69, 9.17) is 4.74 Å². The zero-order valence-corrected chi connectivity index (χ0v) is 15.1. The number of rotatable bonds is 9. The van der Waals surface area contributed by atoms with Crippen LogP contribution in [0.4, 0.5) is 0 Å². The molecule has 0 radical (unpaired) electrons. The first-order valence-electron chi connectivity index (χ1n) is 9.02. The van der Waals surface area contributed by atoms with Crippen molar-refractivity contribution in [1.29, 1.82) is 0 Å². The summed E-state index contributed by atoms with van der Waals surface area (Å²) in [6.07, 6.45) is 6.42. The van der Waals surface area contributed by atoms with Crippen LogP contribution in [0, 0.1) is 5.92 Å². The minimum absolute atomic E-state index is 0.109. The molecule has 1 atom stereocenters. The number of ether oxygens (including phenoxy) is 1. The first-order chi connectivity index (χ1) is 11.5. The molecule has 24 heavy (non-hydrogen) atoms. The maximum atomic E-state index is 12.0. The molecule has 1 saturated heterocycles. The van der Waals surface area contributed by atoms with E-state index in [-0.39, 0.29) is 24.2 Å². The SMILES string of the molecule is CC(C)CCCCCCOc1ccc([C@H]2CC(=O)N(C)C2=O)cc1. The number of benzene rings is 1. The fourth-order valence-electron chi connectivity index (χ4n) is 3.01. The van der Waals surface area contributed by atoms with Crippen molar-refractivity contribution in [2.24, 2.45) is 5.92 Å². The number of amides is 2. The Hall–Kier alpha value is -1.84. The molecule has 1 aliphatic heterocycles. The molecule has 2 rings (SSSR count). The molecule has 132 valence electrons. The van der Waals surface area contributed by atoms with Crippen molar-refractivity contribution >= 4 is 11.8 Å². The van der Waals surface area contributed by atoms with Crippen LogP contribution in [-0.4, -0.2) is 30.4 Å². The average molecular weight is 331 g/mol. The number of carbonyl (C=O) groups excluding carboxylic acids is 2. The van der Waals surface area contributed by atoms with E-state index in [0.29, 0.717) is 0 Å². The first kappa shape index (κ1) is 18.5. The van der Waals surface area contributed by atoms with Gasteiger partial charge >= 0.3 is 0 Å². The Balaban J connectivity index is 1.71. The molecule has 0 unspecified atom stereocenters. The molecule has 0 aromatic heterocycles. The maximum Gasteiger partial charge on any atom is 0.236 e. The number of hydrogen-bond acceptors (Lipinski definition) is 3. The Morgan fingerprint density at radius 1 is 1.08 bits per heavy atom. The zero-order valence-electron chi connectivity index (χ0n) is 15.1. The predicted molar refractivity (Wildman–Crippen MR) is 95.0 cm³/mol. The third-order valence-electron chi connectivity index (χ3n) is 4.61. The fraction of sp³-hybridized carbons (Fsp3) is 0.600. The Kier molecular flexibility index (Phi) is 6.83. The first-order valence-corrected chi connectivity index (χ1v) is 9.02. The number of likely N-dealkylation sites (N-methyl/N-ethyl adjacent to an activating group) is 1. The van der Waals surface area contributed by atoms with Crippen molar-refractivity contribution in [3.8, 4) is 5.75 Å². The molecule has 1 heterocycles. The van der Waals surface area contributed by atoms with Crippen LogP contribution in [0.25, 0.3) is 0 Å². The summed E-state index contributed by atoms with van der Waals surface area (Å²) in [6.45, 7) is 5.25. The monoisotopic (exact) mass is 331 g/mol. The summed E-state index contributed by atoms with van der Waals surface area (Å²) in [5.74, 6) is 1.06. The summed E-state index contributed by atoms with van der Waals surface area (Å²) in [5.41, 5.74) is 0.888. The molecule has 1 aromatic carbocycles.